The molecular weight excluding hydrogens is 436 g/mol. The van der Waals surface area contributed by atoms with Crippen LogP contribution in [0, 0.1) is 0 Å². The molecule has 3 aliphatic rings. The number of rotatable bonds is 6. The van der Waals surface area contributed by atoms with Gasteiger partial charge in [0.1, 0.15) is 19.0 Å². The van der Waals surface area contributed by atoms with Gasteiger partial charge in [-0.25, -0.2) is 0 Å². The molecule has 2 aromatic carbocycles. The summed E-state index contributed by atoms with van der Waals surface area (Å²) in [6.45, 7) is 5.26. The molecule has 0 aliphatic carbocycles. The van der Waals surface area contributed by atoms with Crippen molar-refractivity contribution >= 4 is 17.4 Å². The van der Waals surface area contributed by atoms with Gasteiger partial charge in [-0.15, -0.1) is 0 Å². The van der Waals surface area contributed by atoms with Crippen molar-refractivity contribution in [3.63, 3.8) is 0 Å². The van der Waals surface area contributed by atoms with Crippen molar-refractivity contribution in [1.82, 2.24) is 9.80 Å². The van der Waals surface area contributed by atoms with E-state index in [9.17, 15) is 14.7 Å². The van der Waals surface area contributed by atoms with Crippen LogP contribution in [0.4, 0.5) is 0 Å². The van der Waals surface area contributed by atoms with Gasteiger partial charge in [0.25, 0.3) is 11.7 Å². The lowest BCUT2D eigenvalue weighted by Crippen LogP contribution is -2.38. The molecule has 0 bridgehead atoms. The summed E-state index contributed by atoms with van der Waals surface area (Å²) < 4.78 is 16.6. The Hall–Kier alpha value is -3.36. The number of hydrogen-bond acceptors (Lipinski definition) is 7. The average Bonchev–Trinajstić information content (AvgIpc) is 3.14. The number of benzene rings is 2. The molecule has 0 radical (unpaired) electrons. The molecule has 178 valence electrons. The minimum absolute atomic E-state index is 0.0965. The lowest BCUT2D eigenvalue weighted by molar-refractivity contribution is -0.140. The molecule has 2 saturated heterocycles. The van der Waals surface area contributed by atoms with Gasteiger partial charge in [-0.3, -0.25) is 14.5 Å². The van der Waals surface area contributed by atoms with Crippen LogP contribution >= 0.6 is 0 Å². The number of carbonyl (C=O) groups is 2. The normalized spacial score (nSPS) is 22.2. The fourth-order valence-electron chi connectivity index (χ4n) is 4.73. The van der Waals surface area contributed by atoms with Crippen LogP contribution in [0.15, 0.2) is 54.1 Å². The minimum atomic E-state index is -0.674. The van der Waals surface area contributed by atoms with E-state index >= 15 is 0 Å². The summed E-state index contributed by atoms with van der Waals surface area (Å²) in [6.07, 6.45) is 0.723. The van der Waals surface area contributed by atoms with Gasteiger partial charge < -0.3 is 24.2 Å². The third kappa shape index (κ3) is 4.38. The summed E-state index contributed by atoms with van der Waals surface area (Å²) in [5, 5.41) is 11.3. The molecule has 8 nitrogen and oxygen atoms in total. The third-order valence-corrected chi connectivity index (χ3v) is 6.45. The van der Waals surface area contributed by atoms with Crippen LogP contribution in [0.3, 0.4) is 0 Å². The summed E-state index contributed by atoms with van der Waals surface area (Å²) in [4.78, 5) is 30.2. The van der Waals surface area contributed by atoms with E-state index in [0.717, 1.165) is 31.6 Å². The molecule has 0 aromatic heterocycles. The highest BCUT2D eigenvalue weighted by Crippen LogP contribution is 2.41. The van der Waals surface area contributed by atoms with E-state index in [0.29, 0.717) is 50.0 Å². The number of aliphatic hydroxyl groups is 1. The Balaban J connectivity index is 1.46. The van der Waals surface area contributed by atoms with E-state index in [2.05, 4.69) is 4.90 Å². The zero-order valence-corrected chi connectivity index (χ0v) is 18.9. The number of likely N-dealkylation sites (tertiary alicyclic amines) is 1. The maximum atomic E-state index is 13.2. The molecular formula is C26H28N2O6. The summed E-state index contributed by atoms with van der Waals surface area (Å²) >= 11 is 0. The number of amides is 1. The number of ether oxygens (including phenoxy) is 3. The number of aliphatic hydroxyl groups excluding tert-OH is 1. The number of hydrogen-bond donors (Lipinski definition) is 1. The summed E-state index contributed by atoms with van der Waals surface area (Å²) in [5.74, 6) is -0.375. The second-order valence-corrected chi connectivity index (χ2v) is 8.57. The quantitative estimate of drug-likeness (QED) is 0.399. The van der Waals surface area contributed by atoms with Crippen molar-refractivity contribution in [3.8, 4) is 11.5 Å². The van der Waals surface area contributed by atoms with Gasteiger partial charge in [0, 0.05) is 31.7 Å². The first-order chi connectivity index (χ1) is 16.6. The Kier molecular flexibility index (Phi) is 6.51. The van der Waals surface area contributed by atoms with Gasteiger partial charge >= 0.3 is 0 Å². The molecule has 1 atom stereocenters. The zero-order chi connectivity index (χ0) is 23.5. The zero-order valence-electron chi connectivity index (χ0n) is 18.9. The Morgan fingerprint density at radius 1 is 0.912 bits per heavy atom. The van der Waals surface area contributed by atoms with E-state index < -0.39 is 17.7 Å². The first-order valence-electron chi connectivity index (χ1n) is 11.7. The molecule has 0 unspecified atom stereocenters. The Morgan fingerprint density at radius 2 is 1.65 bits per heavy atom. The maximum Gasteiger partial charge on any atom is 0.295 e. The van der Waals surface area contributed by atoms with E-state index in [1.807, 2.05) is 30.3 Å². The standard InChI is InChI=1S/C26H28N2O6/c29-24(19-7-8-20-21(17-19)34-16-15-33-20)22-23(18-5-2-1-3-6-18)28(26(31)25(22)30)10-4-9-27-11-13-32-14-12-27/h1-3,5-8,17,23,29H,4,9-16H2/t23-/m0/s1. The van der Waals surface area contributed by atoms with Crippen molar-refractivity contribution in [1.29, 1.82) is 0 Å². The van der Waals surface area contributed by atoms with Crippen LogP contribution in [-0.4, -0.2) is 79.2 Å². The molecule has 3 heterocycles. The summed E-state index contributed by atoms with van der Waals surface area (Å²) in [7, 11) is 0. The van der Waals surface area contributed by atoms with Crippen molar-refractivity contribution in [2.75, 3.05) is 52.6 Å². The second kappa shape index (κ2) is 9.87. The Bertz CT molecular complexity index is 1090. The van der Waals surface area contributed by atoms with Gasteiger partial charge in [-0.05, 0) is 30.2 Å². The van der Waals surface area contributed by atoms with Gasteiger partial charge in [-0.2, -0.15) is 0 Å². The second-order valence-electron chi connectivity index (χ2n) is 8.57. The highest BCUT2D eigenvalue weighted by atomic mass is 16.6. The molecule has 1 amide bonds. The largest absolute Gasteiger partial charge is 0.507 e. The fraction of sp³-hybridized carbons (Fsp3) is 0.385. The lowest BCUT2D eigenvalue weighted by Gasteiger charge is -2.29. The van der Waals surface area contributed by atoms with Crippen molar-refractivity contribution < 1.29 is 28.9 Å². The van der Waals surface area contributed by atoms with Crippen molar-refractivity contribution in [2.24, 2.45) is 0 Å². The summed E-state index contributed by atoms with van der Waals surface area (Å²) in [5.41, 5.74) is 1.29. The number of Topliss-reactive ketones (excluding diaryl/α,β-unsaturated/α-hetero) is 1. The highest BCUT2D eigenvalue weighted by molar-refractivity contribution is 6.46. The molecule has 1 N–H and O–H groups in total. The van der Waals surface area contributed by atoms with E-state index in [-0.39, 0.29) is 11.3 Å². The first kappa shape index (κ1) is 22.4. The maximum absolute atomic E-state index is 13.2. The number of nitrogens with zero attached hydrogens (tertiary/aromatic N) is 2. The van der Waals surface area contributed by atoms with Crippen LogP contribution in [0.2, 0.25) is 0 Å². The Labute approximate surface area is 198 Å². The average molecular weight is 465 g/mol. The first-order valence-corrected chi connectivity index (χ1v) is 11.7. The van der Waals surface area contributed by atoms with E-state index in [4.69, 9.17) is 14.2 Å². The van der Waals surface area contributed by atoms with Gasteiger partial charge in [-0.1, -0.05) is 30.3 Å². The van der Waals surface area contributed by atoms with Crippen LogP contribution in [-0.2, 0) is 14.3 Å². The topological polar surface area (TPSA) is 88.5 Å². The van der Waals surface area contributed by atoms with Gasteiger partial charge in [0.2, 0.25) is 0 Å². The fourth-order valence-corrected chi connectivity index (χ4v) is 4.73. The van der Waals surface area contributed by atoms with E-state index in [1.54, 1.807) is 23.1 Å². The molecule has 2 fully saturated rings. The van der Waals surface area contributed by atoms with E-state index in [1.165, 1.54) is 0 Å². The van der Waals surface area contributed by atoms with Crippen molar-refractivity contribution in [2.45, 2.75) is 12.5 Å². The van der Waals surface area contributed by atoms with Gasteiger partial charge in [0.05, 0.1) is 24.8 Å². The highest BCUT2D eigenvalue weighted by Gasteiger charge is 2.45. The molecule has 3 aliphatic heterocycles. The lowest BCUT2D eigenvalue weighted by atomic mass is 9.95. The Morgan fingerprint density at radius 3 is 2.41 bits per heavy atom. The molecule has 0 saturated carbocycles. The predicted molar refractivity (Wildman–Crippen MR) is 125 cm³/mol. The monoisotopic (exact) mass is 464 g/mol. The number of ketones is 1. The summed E-state index contributed by atoms with van der Waals surface area (Å²) in [6, 6.07) is 13.8. The van der Waals surface area contributed by atoms with Crippen LogP contribution in [0.5, 0.6) is 11.5 Å². The van der Waals surface area contributed by atoms with Crippen LogP contribution in [0.25, 0.3) is 5.76 Å². The molecule has 0 spiro atoms. The minimum Gasteiger partial charge on any atom is -0.507 e. The molecule has 8 heteroatoms. The SMILES string of the molecule is O=C1C(=O)N(CCCN2CCOCC2)[C@@H](c2ccccc2)C1=C(O)c1ccc2c(c1)OCCO2. The number of morpholine rings is 1. The number of fused-ring (bicyclic) bond motifs is 1. The number of carbonyl (C=O) groups excluding carboxylic acids is 2. The van der Waals surface area contributed by atoms with Crippen LogP contribution in [0.1, 0.15) is 23.6 Å². The van der Waals surface area contributed by atoms with Crippen LogP contribution < -0.4 is 9.47 Å². The third-order valence-electron chi connectivity index (χ3n) is 6.45. The van der Waals surface area contributed by atoms with Gasteiger partial charge in [0.15, 0.2) is 11.5 Å². The smallest absolute Gasteiger partial charge is 0.295 e. The molecule has 34 heavy (non-hydrogen) atoms. The molecule has 5 rings (SSSR count). The predicted octanol–water partition coefficient (Wildman–Crippen LogP) is 2.60. The van der Waals surface area contributed by atoms with Crippen molar-refractivity contribution in [3.05, 3.63) is 65.2 Å². The molecule has 2 aromatic rings.